The second-order valence-corrected chi connectivity index (χ2v) is 3.96. The van der Waals surface area contributed by atoms with E-state index in [1.165, 1.54) is 0 Å². The van der Waals surface area contributed by atoms with Crippen LogP contribution in [0.15, 0.2) is 24.3 Å². The van der Waals surface area contributed by atoms with Gasteiger partial charge in [0.2, 0.25) is 0 Å². The molecule has 0 aliphatic rings. The van der Waals surface area contributed by atoms with Crippen molar-refractivity contribution in [3.8, 4) is 0 Å². The minimum Gasteiger partial charge on any atom is -0.398 e. The van der Waals surface area contributed by atoms with Gasteiger partial charge in [0, 0.05) is 22.3 Å². The molecule has 0 aliphatic carbocycles. The van der Waals surface area contributed by atoms with E-state index in [4.69, 9.17) is 10.5 Å². The molecule has 2 aromatic rings. The van der Waals surface area contributed by atoms with Crippen LogP contribution in [0.1, 0.15) is 19.5 Å². The van der Waals surface area contributed by atoms with Crippen molar-refractivity contribution < 1.29 is 4.74 Å². The Kier molecular flexibility index (Phi) is 2.64. The summed E-state index contributed by atoms with van der Waals surface area (Å²) >= 11 is 0. The zero-order chi connectivity index (χ0) is 10.8. The lowest BCUT2D eigenvalue weighted by Crippen LogP contribution is -2.02. The smallest absolute Gasteiger partial charge is 0.0869 e. The number of hydrogen-bond acceptors (Lipinski definition) is 2. The average molecular weight is 204 g/mol. The lowest BCUT2D eigenvalue weighted by atomic mass is 10.2. The number of nitrogen functional groups attached to an aromatic ring is 1. The number of nitrogens with two attached hydrogens (primary N) is 1. The average Bonchev–Trinajstić information content (AvgIpc) is 2.59. The van der Waals surface area contributed by atoms with Gasteiger partial charge in [-0.1, -0.05) is 6.07 Å². The molecule has 2 rings (SSSR count). The lowest BCUT2D eigenvalue weighted by Gasteiger charge is -2.04. The SMILES string of the molecule is CC(C)OCc1cc2c(N)cccc2[nH]1. The lowest BCUT2D eigenvalue weighted by molar-refractivity contribution is 0.0639. The topological polar surface area (TPSA) is 51.0 Å². The number of benzene rings is 1. The second kappa shape index (κ2) is 3.95. The summed E-state index contributed by atoms with van der Waals surface area (Å²) in [5, 5.41) is 1.07. The third-order valence-electron chi connectivity index (χ3n) is 2.33. The molecule has 0 amide bonds. The van der Waals surface area contributed by atoms with Gasteiger partial charge in [-0.3, -0.25) is 0 Å². The molecular formula is C12H16N2O. The Morgan fingerprint density at radius 1 is 1.40 bits per heavy atom. The Labute approximate surface area is 89.2 Å². The molecule has 1 aromatic heterocycles. The molecule has 0 unspecified atom stereocenters. The summed E-state index contributed by atoms with van der Waals surface area (Å²) in [5.74, 6) is 0. The minimum atomic E-state index is 0.244. The first-order chi connectivity index (χ1) is 7.16. The zero-order valence-electron chi connectivity index (χ0n) is 9.08. The van der Waals surface area contributed by atoms with E-state index in [-0.39, 0.29) is 6.10 Å². The third-order valence-corrected chi connectivity index (χ3v) is 2.33. The van der Waals surface area contributed by atoms with Crippen molar-refractivity contribution in [3.63, 3.8) is 0 Å². The highest BCUT2D eigenvalue weighted by Gasteiger charge is 2.03. The molecule has 1 heterocycles. The van der Waals surface area contributed by atoms with Crippen molar-refractivity contribution in [2.75, 3.05) is 5.73 Å². The quantitative estimate of drug-likeness (QED) is 0.755. The molecule has 0 fully saturated rings. The fourth-order valence-electron chi connectivity index (χ4n) is 1.57. The second-order valence-electron chi connectivity index (χ2n) is 3.96. The predicted octanol–water partition coefficient (Wildman–Crippen LogP) is 2.68. The van der Waals surface area contributed by atoms with Crippen molar-refractivity contribution in [1.82, 2.24) is 4.98 Å². The van der Waals surface area contributed by atoms with Gasteiger partial charge in [0.05, 0.1) is 12.7 Å². The van der Waals surface area contributed by atoms with E-state index in [1.807, 2.05) is 38.1 Å². The summed E-state index contributed by atoms with van der Waals surface area (Å²) in [6, 6.07) is 7.92. The van der Waals surface area contributed by atoms with E-state index >= 15 is 0 Å². The monoisotopic (exact) mass is 204 g/mol. The van der Waals surface area contributed by atoms with Gasteiger partial charge in [0.15, 0.2) is 0 Å². The molecule has 3 N–H and O–H groups in total. The van der Waals surface area contributed by atoms with E-state index in [0.717, 1.165) is 22.3 Å². The molecule has 3 heteroatoms. The number of aromatic amines is 1. The first-order valence-electron chi connectivity index (χ1n) is 5.14. The molecule has 15 heavy (non-hydrogen) atoms. The maximum absolute atomic E-state index is 5.86. The fourth-order valence-corrected chi connectivity index (χ4v) is 1.57. The van der Waals surface area contributed by atoms with Crippen LogP contribution >= 0.6 is 0 Å². The van der Waals surface area contributed by atoms with Crippen LogP contribution in [-0.4, -0.2) is 11.1 Å². The number of anilines is 1. The molecule has 0 saturated carbocycles. The van der Waals surface area contributed by atoms with Gasteiger partial charge < -0.3 is 15.5 Å². The zero-order valence-corrected chi connectivity index (χ0v) is 9.08. The van der Waals surface area contributed by atoms with Crippen LogP contribution in [0.3, 0.4) is 0 Å². The number of aromatic nitrogens is 1. The summed E-state index contributed by atoms with van der Waals surface area (Å²) in [6.07, 6.45) is 0.244. The molecule has 0 spiro atoms. The molecule has 1 aromatic carbocycles. The van der Waals surface area contributed by atoms with Crippen LogP contribution in [0.2, 0.25) is 0 Å². The maximum atomic E-state index is 5.86. The van der Waals surface area contributed by atoms with Gasteiger partial charge in [-0.05, 0) is 32.0 Å². The van der Waals surface area contributed by atoms with Gasteiger partial charge >= 0.3 is 0 Å². The minimum absolute atomic E-state index is 0.244. The van der Waals surface area contributed by atoms with E-state index in [2.05, 4.69) is 4.98 Å². The normalized spacial score (nSPS) is 11.4. The van der Waals surface area contributed by atoms with E-state index < -0.39 is 0 Å². The van der Waals surface area contributed by atoms with Gasteiger partial charge in [-0.15, -0.1) is 0 Å². The number of ether oxygens (including phenoxy) is 1. The highest BCUT2D eigenvalue weighted by atomic mass is 16.5. The van der Waals surface area contributed by atoms with E-state index in [0.29, 0.717) is 6.61 Å². The largest absolute Gasteiger partial charge is 0.398 e. The first-order valence-corrected chi connectivity index (χ1v) is 5.14. The molecule has 0 radical (unpaired) electrons. The van der Waals surface area contributed by atoms with Crippen molar-refractivity contribution in [2.45, 2.75) is 26.6 Å². The van der Waals surface area contributed by atoms with Crippen LogP contribution in [0.4, 0.5) is 5.69 Å². The molecule has 80 valence electrons. The molecule has 0 atom stereocenters. The standard InChI is InChI=1S/C12H16N2O/c1-8(2)15-7-9-6-10-11(13)4-3-5-12(10)14-9/h3-6,8,14H,7,13H2,1-2H3. The molecular weight excluding hydrogens is 188 g/mol. The van der Waals surface area contributed by atoms with Gasteiger partial charge in [0.25, 0.3) is 0 Å². The van der Waals surface area contributed by atoms with Crippen molar-refractivity contribution in [1.29, 1.82) is 0 Å². The van der Waals surface area contributed by atoms with Crippen LogP contribution in [0.25, 0.3) is 10.9 Å². The van der Waals surface area contributed by atoms with Crippen molar-refractivity contribution in [3.05, 3.63) is 30.0 Å². The summed E-state index contributed by atoms with van der Waals surface area (Å²) < 4.78 is 5.53. The summed E-state index contributed by atoms with van der Waals surface area (Å²) in [6.45, 7) is 4.65. The Morgan fingerprint density at radius 2 is 2.20 bits per heavy atom. The van der Waals surface area contributed by atoms with Crippen LogP contribution < -0.4 is 5.73 Å². The highest BCUT2D eigenvalue weighted by Crippen LogP contribution is 2.21. The van der Waals surface area contributed by atoms with Crippen molar-refractivity contribution in [2.24, 2.45) is 0 Å². The molecule has 0 aliphatic heterocycles. The first kappa shape index (κ1) is 10.1. The fraction of sp³-hybridized carbons (Fsp3) is 0.333. The summed E-state index contributed by atoms with van der Waals surface area (Å²) in [5.41, 5.74) is 8.80. The maximum Gasteiger partial charge on any atom is 0.0869 e. The highest BCUT2D eigenvalue weighted by molar-refractivity contribution is 5.91. The number of fused-ring (bicyclic) bond motifs is 1. The number of hydrogen-bond donors (Lipinski definition) is 2. The van der Waals surface area contributed by atoms with E-state index in [9.17, 15) is 0 Å². The van der Waals surface area contributed by atoms with E-state index in [1.54, 1.807) is 0 Å². The summed E-state index contributed by atoms with van der Waals surface area (Å²) in [7, 11) is 0. The van der Waals surface area contributed by atoms with Crippen LogP contribution in [-0.2, 0) is 11.3 Å². The molecule has 3 nitrogen and oxygen atoms in total. The van der Waals surface area contributed by atoms with Gasteiger partial charge in [-0.2, -0.15) is 0 Å². The Balaban J connectivity index is 2.27. The number of rotatable bonds is 3. The predicted molar refractivity (Wildman–Crippen MR) is 62.6 cm³/mol. The number of nitrogens with one attached hydrogen (secondary N) is 1. The Bertz CT molecular complexity index is 460. The Hall–Kier alpha value is -1.48. The Morgan fingerprint density at radius 3 is 2.87 bits per heavy atom. The third kappa shape index (κ3) is 2.13. The molecule has 0 saturated heterocycles. The summed E-state index contributed by atoms with van der Waals surface area (Å²) in [4.78, 5) is 3.29. The van der Waals surface area contributed by atoms with Gasteiger partial charge in [0.1, 0.15) is 0 Å². The molecule has 0 bridgehead atoms. The van der Waals surface area contributed by atoms with Gasteiger partial charge in [-0.25, -0.2) is 0 Å². The number of H-pyrrole nitrogens is 1. The van der Waals surface area contributed by atoms with Crippen LogP contribution in [0, 0.1) is 0 Å². The van der Waals surface area contributed by atoms with Crippen molar-refractivity contribution >= 4 is 16.6 Å². The van der Waals surface area contributed by atoms with Crippen LogP contribution in [0.5, 0.6) is 0 Å².